The van der Waals surface area contributed by atoms with E-state index in [-0.39, 0.29) is 23.1 Å². The first-order valence-electron chi connectivity index (χ1n) is 11.7. The van der Waals surface area contributed by atoms with Gasteiger partial charge in [0.1, 0.15) is 10.7 Å². The van der Waals surface area contributed by atoms with Crippen molar-refractivity contribution in [2.75, 3.05) is 18.5 Å². The van der Waals surface area contributed by atoms with Gasteiger partial charge in [0, 0.05) is 36.2 Å². The minimum Gasteiger partial charge on any atom is -0.481 e. The number of nitrogens with one attached hydrogen (secondary N) is 1. The molecule has 208 valence electrons. The number of carboxylic acids is 1. The Balaban J connectivity index is 1.49. The molecule has 3 aromatic rings. The first-order valence-corrected chi connectivity index (χ1v) is 14.5. The Hall–Kier alpha value is -2.87. The number of aromatic nitrogens is 3. The second-order valence-corrected chi connectivity index (χ2v) is 12.5. The van der Waals surface area contributed by atoms with Gasteiger partial charge in [-0.15, -0.1) is 0 Å². The van der Waals surface area contributed by atoms with Crippen molar-refractivity contribution in [3.63, 3.8) is 0 Å². The molecule has 2 aromatic heterocycles. The summed E-state index contributed by atoms with van der Waals surface area (Å²) < 4.78 is 74.3. The molecule has 2 N–H and O–H groups in total. The van der Waals surface area contributed by atoms with Crippen LogP contribution in [0.4, 0.5) is 25.2 Å². The highest BCUT2D eigenvalue weighted by molar-refractivity contribution is 9.10. The van der Waals surface area contributed by atoms with Crippen molar-refractivity contribution >= 4 is 37.9 Å². The van der Waals surface area contributed by atoms with Crippen molar-refractivity contribution in [1.29, 1.82) is 0 Å². The van der Waals surface area contributed by atoms with Gasteiger partial charge in [-0.05, 0) is 60.6 Å². The van der Waals surface area contributed by atoms with Crippen LogP contribution >= 0.6 is 26.2 Å². The number of rotatable bonds is 10. The first-order chi connectivity index (χ1) is 17.6. The SMILES string of the molecule is Cn1nc(CC(CC(=O)O)c2cc(Br)cc(S(F)(F)(F)(F)F)c2)cc1OCCc1ccc2c(n1)NCCC2. The Kier molecular flexibility index (Phi) is 7.19. The van der Waals surface area contributed by atoms with Crippen molar-refractivity contribution in [1.82, 2.24) is 14.8 Å². The van der Waals surface area contributed by atoms with Crippen LogP contribution in [0.2, 0.25) is 0 Å². The Morgan fingerprint density at radius 1 is 1.18 bits per heavy atom. The van der Waals surface area contributed by atoms with Crippen LogP contribution in [-0.2, 0) is 31.1 Å². The minimum absolute atomic E-state index is 0.0994. The van der Waals surface area contributed by atoms with E-state index in [1.54, 1.807) is 13.1 Å². The lowest BCUT2D eigenvalue weighted by Crippen LogP contribution is -2.14. The maximum absolute atomic E-state index is 13.5. The van der Waals surface area contributed by atoms with Crippen molar-refractivity contribution in [3.8, 4) is 5.88 Å². The molecule has 3 heterocycles. The number of ether oxygens (including phenoxy) is 1. The van der Waals surface area contributed by atoms with E-state index in [0.717, 1.165) is 30.9 Å². The van der Waals surface area contributed by atoms with Crippen LogP contribution in [0.3, 0.4) is 0 Å². The van der Waals surface area contributed by atoms with E-state index in [0.29, 0.717) is 30.1 Å². The lowest BCUT2D eigenvalue weighted by Gasteiger charge is -2.41. The zero-order chi connectivity index (χ0) is 27.8. The summed E-state index contributed by atoms with van der Waals surface area (Å²) in [6.45, 7) is 1.16. The van der Waals surface area contributed by atoms with E-state index in [9.17, 15) is 29.3 Å². The number of carboxylic acid groups (broad SMARTS) is 1. The molecule has 0 spiro atoms. The predicted molar refractivity (Wildman–Crippen MR) is 138 cm³/mol. The molecule has 0 saturated heterocycles. The third-order valence-electron chi connectivity index (χ3n) is 6.13. The fourth-order valence-electron chi connectivity index (χ4n) is 4.32. The maximum atomic E-state index is 13.5. The second kappa shape index (κ2) is 9.70. The molecule has 0 aliphatic carbocycles. The summed E-state index contributed by atoms with van der Waals surface area (Å²) in [5.74, 6) is -1.09. The molecule has 38 heavy (non-hydrogen) atoms. The molecule has 0 bridgehead atoms. The van der Waals surface area contributed by atoms with Crippen molar-refractivity contribution in [2.24, 2.45) is 7.05 Å². The van der Waals surface area contributed by atoms with Gasteiger partial charge >= 0.3 is 16.2 Å². The standard InChI is InChI=1S/C24H26BrF5N4O3S/c1-34-22(37-8-6-19-5-4-15-3-2-7-31-24(15)32-19)14-20(33-34)10-17(12-23(35)36)16-9-18(25)13-21(11-16)38(26,27,28,29)30/h4-5,9,11,13-14,17H,2-3,6-8,10,12H2,1H3,(H,31,32)(H,35,36). The van der Waals surface area contributed by atoms with Gasteiger partial charge in [-0.1, -0.05) is 41.4 Å². The quantitative estimate of drug-likeness (QED) is 0.236. The van der Waals surface area contributed by atoms with Gasteiger partial charge in [0.2, 0.25) is 5.88 Å². The minimum atomic E-state index is -9.98. The molecule has 1 unspecified atom stereocenters. The average molecular weight is 625 g/mol. The summed E-state index contributed by atoms with van der Waals surface area (Å²) in [4.78, 5) is 14.0. The van der Waals surface area contributed by atoms with Crippen molar-refractivity contribution in [2.45, 2.75) is 42.9 Å². The number of benzene rings is 1. The number of fused-ring (bicyclic) bond motifs is 1. The van der Waals surface area contributed by atoms with Gasteiger partial charge < -0.3 is 15.2 Å². The fourth-order valence-corrected chi connectivity index (χ4v) is 5.69. The van der Waals surface area contributed by atoms with E-state index in [1.807, 2.05) is 12.1 Å². The molecule has 14 heteroatoms. The average Bonchev–Trinajstić information content (AvgIpc) is 3.15. The van der Waals surface area contributed by atoms with Crippen LogP contribution in [0.15, 0.2) is 45.8 Å². The third kappa shape index (κ3) is 7.16. The molecule has 0 saturated carbocycles. The molecule has 0 amide bonds. The smallest absolute Gasteiger partial charge is 0.310 e. The Labute approximate surface area is 224 Å². The molecular weight excluding hydrogens is 599 g/mol. The number of aliphatic carboxylic acids is 1. The maximum Gasteiger partial charge on any atom is 0.310 e. The number of nitrogens with zero attached hydrogens (tertiary/aromatic N) is 3. The van der Waals surface area contributed by atoms with Crippen molar-refractivity contribution < 1.29 is 34.1 Å². The first kappa shape index (κ1) is 28.1. The molecule has 1 aliphatic heterocycles. The molecule has 0 fully saturated rings. The number of halogens is 6. The Morgan fingerprint density at radius 2 is 1.95 bits per heavy atom. The summed E-state index contributed by atoms with van der Waals surface area (Å²) in [5, 5.41) is 16.9. The normalized spacial score (nSPS) is 16.1. The molecule has 7 nitrogen and oxygen atoms in total. The lowest BCUT2D eigenvalue weighted by atomic mass is 9.91. The zero-order valence-electron chi connectivity index (χ0n) is 20.3. The number of hydrogen-bond donors (Lipinski definition) is 2. The lowest BCUT2D eigenvalue weighted by molar-refractivity contribution is -0.137. The number of hydrogen-bond acceptors (Lipinski definition) is 5. The summed E-state index contributed by atoms with van der Waals surface area (Å²) in [6, 6.07) is 7.36. The monoisotopic (exact) mass is 624 g/mol. The van der Waals surface area contributed by atoms with Crippen LogP contribution in [0.5, 0.6) is 5.88 Å². The Morgan fingerprint density at radius 3 is 2.66 bits per heavy atom. The van der Waals surface area contributed by atoms with E-state index in [4.69, 9.17) is 4.74 Å². The number of aryl methyl sites for hydroxylation is 2. The van der Waals surface area contributed by atoms with Crippen molar-refractivity contribution in [3.05, 3.63) is 63.4 Å². The molecular formula is C24H26BrF5N4O3S. The summed E-state index contributed by atoms with van der Waals surface area (Å²) in [5.41, 5.74) is 2.17. The summed E-state index contributed by atoms with van der Waals surface area (Å²) in [7, 11) is -8.37. The number of anilines is 1. The Bertz CT molecular complexity index is 1370. The molecule has 1 aromatic carbocycles. The topological polar surface area (TPSA) is 89.3 Å². The number of pyridine rings is 1. The van der Waals surface area contributed by atoms with Crippen LogP contribution < -0.4 is 10.1 Å². The summed E-state index contributed by atoms with van der Waals surface area (Å²) >= 11 is 2.85. The highest BCUT2D eigenvalue weighted by Crippen LogP contribution is 3.02. The van der Waals surface area contributed by atoms with Crippen LogP contribution in [-0.4, -0.2) is 39.0 Å². The number of carbonyl (C=O) groups is 1. The van der Waals surface area contributed by atoms with E-state index < -0.39 is 33.4 Å². The van der Waals surface area contributed by atoms with Gasteiger partial charge in [0.15, 0.2) is 0 Å². The van der Waals surface area contributed by atoms with Gasteiger partial charge in [-0.3, -0.25) is 4.79 Å². The van der Waals surface area contributed by atoms with E-state index in [1.165, 1.54) is 16.3 Å². The van der Waals surface area contributed by atoms with Gasteiger partial charge in [0.05, 0.1) is 18.7 Å². The zero-order valence-corrected chi connectivity index (χ0v) is 22.7. The highest BCUT2D eigenvalue weighted by atomic mass is 79.9. The predicted octanol–water partition coefficient (Wildman–Crippen LogP) is 7.02. The van der Waals surface area contributed by atoms with Crippen LogP contribution in [0, 0.1) is 0 Å². The van der Waals surface area contributed by atoms with Gasteiger partial charge in [-0.25, -0.2) is 9.67 Å². The second-order valence-electron chi connectivity index (χ2n) is 9.22. The third-order valence-corrected chi connectivity index (χ3v) is 7.72. The molecule has 1 atom stereocenters. The van der Waals surface area contributed by atoms with Gasteiger partial charge in [-0.2, -0.15) is 5.10 Å². The van der Waals surface area contributed by atoms with Crippen LogP contribution in [0.25, 0.3) is 0 Å². The van der Waals surface area contributed by atoms with E-state index >= 15 is 0 Å². The molecule has 0 radical (unpaired) electrons. The largest absolute Gasteiger partial charge is 0.481 e. The van der Waals surface area contributed by atoms with E-state index in [2.05, 4.69) is 31.3 Å². The molecule has 1 aliphatic rings. The van der Waals surface area contributed by atoms with Gasteiger partial charge in [0.25, 0.3) is 0 Å². The van der Waals surface area contributed by atoms with Crippen LogP contribution in [0.1, 0.15) is 41.3 Å². The molecule has 4 rings (SSSR count). The highest BCUT2D eigenvalue weighted by Gasteiger charge is 2.65. The summed E-state index contributed by atoms with van der Waals surface area (Å²) in [6.07, 6.45) is 1.88. The fraction of sp³-hybridized carbons (Fsp3) is 0.375.